The largest absolute Gasteiger partial charge is 0.356 e. The smallest absolute Gasteiger partial charge is 0.229 e. The molecule has 0 atom stereocenters. The van der Waals surface area contributed by atoms with Gasteiger partial charge in [0.2, 0.25) is 17.7 Å². The molecule has 1 aliphatic heterocycles. The maximum Gasteiger partial charge on any atom is 0.229 e. The van der Waals surface area contributed by atoms with Crippen LogP contribution < -0.4 is 5.32 Å². The first kappa shape index (κ1) is 19.2. The topological polar surface area (TPSA) is 79.4 Å². The van der Waals surface area contributed by atoms with Crippen molar-refractivity contribution >= 4 is 29.1 Å². The third-order valence-electron chi connectivity index (χ3n) is 4.25. The summed E-state index contributed by atoms with van der Waals surface area (Å²) in [5.74, 6) is -0.689. The van der Waals surface area contributed by atoms with Gasteiger partial charge in [0.15, 0.2) is 0 Å². The lowest BCUT2D eigenvalue weighted by molar-refractivity contribution is -0.138. The molecule has 0 radical (unpaired) electrons. The zero-order valence-corrected chi connectivity index (χ0v) is 15.6. The number of benzene rings is 1. The molecule has 0 unspecified atom stereocenters. The summed E-state index contributed by atoms with van der Waals surface area (Å²) in [6, 6.07) is 6.28. The number of nitrogens with one attached hydrogen (secondary N) is 1. The SMILES string of the molecule is O=C(Cc1csc(Cc2ccc(F)cc2)n1)NCCCN1C(=O)CCC1=O. The molecule has 0 saturated carbocycles. The van der Waals surface area contributed by atoms with E-state index in [1.165, 1.54) is 28.4 Å². The second kappa shape index (κ2) is 8.85. The molecule has 1 aromatic carbocycles. The van der Waals surface area contributed by atoms with E-state index in [4.69, 9.17) is 0 Å². The van der Waals surface area contributed by atoms with E-state index in [-0.39, 0.29) is 42.8 Å². The van der Waals surface area contributed by atoms with E-state index in [1.54, 1.807) is 12.1 Å². The molecular weight excluding hydrogens is 369 g/mol. The Bertz CT molecular complexity index is 819. The van der Waals surface area contributed by atoms with Gasteiger partial charge < -0.3 is 5.32 Å². The number of hydrogen-bond acceptors (Lipinski definition) is 5. The van der Waals surface area contributed by atoms with Crippen molar-refractivity contribution in [1.82, 2.24) is 15.2 Å². The van der Waals surface area contributed by atoms with Crippen molar-refractivity contribution < 1.29 is 18.8 Å². The molecule has 2 aromatic rings. The minimum absolute atomic E-state index is 0.137. The predicted molar refractivity (Wildman–Crippen MR) is 98.6 cm³/mol. The molecule has 1 saturated heterocycles. The minimum atomic E-state index is -0.270. The zero-order valence-electron chi connectivity index (χ0n) is 14.7. The average Bonchev–Trinajstić information content (AvgIpc) is 3.21. The molecule has 27 heavy (non-hydrogen) atoms. The maximum absolute atomic E-state index is 12.9. The summed E-state index contributed by atoms with van der Waals surface area (Å²) in [5.41, 5.74) is 1.66. The quantitative estimate of drug-likeness (QED) is 0.554. The molecular formula is C19H20FN3O3S. The Kier molecular flexibility index (Phi) is 6.28. The number of rotatable bonds is 8. The lowest BCUT2D eigenvalue weighted by Crippen LogP contribution is -2.33. The summed E-state index contributed by atoms with van der Waals surface area (Å²) in [5, 5.41) is 5.50. The van der Waals surface area contributed by atoms with Crippen LogP contribution in [0.5, 0.6) is 0 Å². The molecule has 142 valence electrons. The number of hydrogen-bond donors (Lipinski definition) is 1. The van der Waals surface area contributed by atoms with Gasteiger partial charge in [0.25, 0.3) is 0 Å². The molecule has 1 fully saturated rings. The molecule has 8 heteroatoms. The monoisotopic (exact) mass is 389 g/mol. The van der Waals surface area contributed by atoms with E-state index in [1.807, 2.05) is 5.38 Å². The fourth-order valence-electron chi connectivity index (χ4n) is 2.85. The molecule has 0 spiro atoms. The van der Waals surface area contributed by atoms with E-state index < -0.39 is 0 Å². The van der Waals surface area contributed by atoms with Crippen LogP contribution >= 0.6 is 11.3 Å². The minimum Gasteiger partial charge on any atom is -0.356 e. The summed E-state index contributed by atoms with van der Waals surface area (Å²) in [4.78, 5) is 40.7. The number of nitrogens with zero attached hydrogens (tertiary/aromatic N) is 2. The highest BCUT2D eigenvalue weighted by molar-refractivity contribution is 7.09. The normalized spacial score (nSPS) is 14.0. The van der Waals surface area contributed by atoms with Crippen LogP contribution in [0.1, 0.15) is 35.5 Å². The second-order valence-corrected chi connectivity index (χ2v) is 7.30. The number of halogens is 1. The van der Waals surface area contributed by atoms with Crippen LogP contribution in [-0.4, -0.2) is 40.7 Å². The lowest BCUT2D eigenvalue weighted by atomic mass is 10.1. The first-order valence-electron chi connectivity index (χ1n) is 8.79. The van der Waals surface area contributed by atoms with Gasteiger partial charge in [-0.15, -0.1) is 11.3 Å². The lowest BCUT2D eigenvalue weighted by Gasteiger charge is -2.13. The Morgan fingerprint density at radius 2 is 1.89 bits per heavy atom. The van der Waals surface area contributed by atoms with Crippen LogP contribution in [0, 0.1) is 5.82 Å². The van der Waals surface area contributed by atoms with Crippen LogP contribution in [0.25, 0.3) is 0 Å². The Hall–Kier alpha value is -2.61. The first-order valence-corrected chi connectivity index (χ1v) is 9.67. The van der Waals surface area contributed by atoms with Crippen LogP contribution in [-0.2, 0) is 27.2 Å². The number of likely N-dealkylation sites (tertiary alicyclic amines) is 1. The van der Waals surface area contributed by atoms with Crippen molar-refractivity contribution in [1.29, 1.82) is 0 Å². The number of carbonyl (C=O) groups is 3. The van der Waals surface area contributed by atoms with E-state index in [9.17, 15) is 18.8 Å². The van der Waals surface area contributed by atoms with Gasteiger partial charge in [-0.25, -0.2) is 9.37 Å². The number of thiazole rings is 1. The third-order valence-corrected chi connectivity index (χ3v) is 5.14. The van der Waals surface area contributed by atoms with Crippen molar-refractivity contribution in [3.63, 3.8) is 0 Å². The highest BCUT2D eigenvalue weighted by atomic mass is 32.1. The van der Waals surface area contributed by atoms with Crippen LogP contribution in [0.3, 0.4) is 0 Å². The highest BCUT2D eigenvalue weighted by Gasteiger charge is 2.27. The Labute approximate surface area is 160 Å². The molecule has 1 N–H and O–H groups in total. The second-order valence-electron chi connectivity index (χ2n) is 6.36. The van der Waals surface area contributed by atoms with Crippen LogP contribution in [0.4, 0.5) is 4.39 Å². The first-order chi connectivity index (χ1) is 13.0. The summed E-state index contributed by atoms with van der Waals surface area (Å²) in [6.45, 7) is 0.749. The molecule has 1 aliphatic rings. The molecule has 6 nitrogen and oxygen atoms in total. The van der Waals surface area contributed by atoms with Crippen molar-refractivity contribution in [3.05, 3.63) is 51.7 Å². The Balaban J connectivity index is 1.39. The number of imide groups is 1. The van der Waals surface area contributed by atoms with E-state index in [2.05, 4.69) is 10.3 Å². The van der Waals surface area contributed by atoms with Gasteiger partial charge in [0.05, 0.1) is 17.1 Å². The van der Waals surface area contributed by atoms with E-state index in [0.717, 1.165) is 10.6 Å². The standard InChI is InChI=1S/C19H20FN3O3S/c20-14-4-2-13(3-5-14)10-17-22-15(12-27-17)11-16(24)21-8-1-9-23-18(25)6-7-19(23)26/h2-5,12H,1,6-11H2,(H,21,24). The van der Waals surface area contributed by atoms with Crippen LogP contribution in [0.15, 0.2) is 29.6 Å². The van der Waals surface area contributed by atoms with Crippen molar-refractivity contribution in [2.75, 3.05) is 13.1 Å². The fraction of sp³-hybridized carbons (Fsp3) is 0.368. The zero-order chi connectivity index (χ0) is 19.2. The summed E-state index contributed by atoms with van der Waals surface area (Å²) < 4.78 is 12.9. The number of amides is 3. The van der Waals surface area contributed by atoms with Crippen LogP contribution in [0.2, 0.25) is 0 Å². The molecule has 1 aromatic heterocycles. The van der Waals surface area contributed by atoms with Gasteiger partial charge in [-0.3, -0.25) is 19.3 Å². The van der Waals surface area contributed by atoms with E-state index >= 15 is 0 Å². The fourth-order valence-corrected chi connectivity index (χ4v) is 3.68. The maximum atomic E-state index is 12.9. The Morgan fingerprint density at radius 1 is 1.19 bits per heavy atom. The van der Waals surface area contributed by atoms with Gasteiger partial charge in [0.1, 0.15) is 5.82 Å². The number of aromatic nitrogens is 1. The molecule has 2 heterocycles. The highest BCUT2D eigenvalue weighted by Crippen LogP contribution is 2.16. The third kappa shape index (κ3) is 5.43. The number of carbonyl (C=O) groups excluding carboxylic acids is 3. The van der Waals surface area contributed by atoms with Crippen molar-refractivity contribution in [3.8, 4) is 0 Å². The predicted octanol–water partition coefficient (Wildman–Crippen LogP) is 2.07. The van der Waals surface area contributed by atoms with Crippen molar-refractivity contribution in [2.45, 2.75) is 32.1 Å². The molecule has 0 bridgehead atoms. The van der Waals surface area contributed by atoms with Crippen molar-refractivity contribution in [2.24, 2.45) is 0 Å². The summed E-state index contributed by atoms with van der Waals surface area (Å²) in [6.07, 6.45) is 1.90. The van der Waals surface area contributed by atoms with Gasteiger partial charge in [0, 0.05) is 37.7 Å². The molecule has 3 rings (SSSR count). The van der Waals surface area contributed by atoms with Gasteiger partial charge >= 0.3 is 0 Å². The van der Waals surface area contributed by atoms with Gasteiger partial charge in [-0.1, -0.05) is 12.1 Å². The average molecular weight is 389 g/mol. The molecule has 0 aliphatic carbocycles. The molecule has 3 amide bonds. The summed E-state index contributed by atoms with van der Waals surface area (Å²) >= 11 is 1.47. The summed E-state index contributed by atoms with van der Waals surface area (Å²) in [7, 11) is 0. The van der Waals surface area contributed by atoms with E-state index in [0.29, 0.717) is 31.6 Å². The Morgan fingerprint density at radius 3 is 2.59 bits per heavy atom. The van der Waals surface area contributed by atoms with Gasteiger partial charge in [-0.2, -0.15) is 0 Å². The van der Waals surface area contributed by atoms with Gasteiger partial charge in [-0.05, 0) is 24.1 Å².